The molecule has 0 bridgehead atoms. The van der Waals surface area contributed by atoms with E-state index in [0.29, 0.717) is 36.3 Å². The van der Waals surface area contributed by atoms with Gasteiger partial charge in [-0.25, -0.2) is 0 Å². The van der Waals surface area contributed by atoms with Crippen molar-refractivity contribution in [1.29, 1.82) is 0 Å². The van der Waals surface area contributed by atoms with Gasteiger partial charge in [-0.2, -0.15) is 0 Å². The monoisotopic (exact) mass is 474 g/mol. The molecule has 3 aromatic rings. The van der Waals surface area contributed by atoms with Crippen LogP contribution in [0.5, 0.6) is 0 Å². The third kappa shape index (κ3) is 6.66. The number of pyridine rings is 1. The number of rotatable bonds is 9. The summed E-state index contributed by atoms with van der Waals surface area (Å²) in [6.07, 6.45) is 2.04. The van der Waals surface area contributed by atoms with E-state index in [4.69, 9.17) is 0 Å². The van der Waals surface area contributed by atoms with Gasteiger partial charge in [0.25, 0.3) is 5.91 Å². The highest BCUT2D eigenvalue weighted by molar-refractivity contribution is 6.00. The van der Waals surface area contributed by atoms with E-state index in [1.807, 2.05) is 43.3 Å². The number of nitrogens with zero attached hydrogens (tertiary/aromatic N) is 2. The summed E-state index contributed by atoms with van der Waals surface area (Å²) in [6.45, 7) is 4.16. The Hall–Kier alpha value is -4.20. The van der Waals surface area contributed by atoms with Crippen LogP contribution in [-0.4, -0.2) is 40.4 Å². The van der Waals surface area contributed by atoms with E-state index < -0.39 is 0 Å². The first-order valence-electron chi connectivity index (χ1n) is 11.4. The maximum Gasteiger partial charge on any atom is 0.251 e. The predicted molar refractivity (Wildman–Crippen MR) is 135 cm³/mol. The van der Waals surface area contributed by atoms with Crippen LogP contribution in [0.25, 0.3) is 0 Å². The van der Waals surface area contributed by atoms with E-state index >= 15 is 0 Å². The van der Waals surface area contributed by atoms with Crippen LogP contribution in [0.15, 0.2) is 76.8 Å². The van der Waals surface area contributed by atoms with E-state index in [9.17, 15) is 19.6 Å². The summed E-state index contributed by atoms with van der Waals surface area (Å²) in [4.78, 5) is 35.2. The van der Waals surface area contributed by atoms with Crippen molar-refractivity contribution in [2.75, 3.05) is 13.1 Å². The number of benzene rings is 2. The molecular formula is C27H30N4O4. The Labute approximate surface area is 204 Å². The molecule has 0 aliphatic carbocycles. The zero-order chi connectivity index (χ0) is 25.4. The third-order valence-corrected chi connectivity index (χ3v) is 5.86. The van der Waals surface area contributed by atoms with Crippen molar-refractivity contribution in [3.63, 3.8) is 0 Å². The maximum atomic E-state index is 12.5. The van der Waals surface area contributed by atoms with Crippen LogP contribution in [0.4, 0.5) is 0 Å². The lowest BCUT2D eigenvalue weighted by Gasteiger charge is -2.21. The fourth-order valence-corrected chi connectivity index (χ4v) is 3.94. The lowest BCUT2D eigenvalue weighted by Crippen LogP contribution is -2.33. The van der Waals surface area contributed by atoms with Crippen molar-refractivity contribution in [3.05, 3.63) is 105 Å². The quantitative estimate of drug-likeness (QED) is 0.192. The molecule has 8 heteroatoms. The maximum absolute atomic E-state index is 12.5. The van der Waals surface area contributed by atoms with Gasteiger partial charge in [-0.15, -0.1) is 0 Å². The lowest BCUT2D eigenvalue weighted by molar-refractivity contribution is -0.118. The van der Waals surface area contributed by atoms with Gasteiger partial charge in [-0.3, -0.25) is 14.4 Å². The van der Waals surface area contributed by atoms with E-state index in [0.717, 1.165) is 16.7 Å². The molecule has 0 fully saturated rings. The Morgan fingerprint density at radius 1 is 0.971 bits per heavy atom. The molecule has 3 N–H and O–H groups in total. The molecule has 2 aromatic carbocycles. The second kappa shape index (κ2) is 11.8. The van der Waals surface area contributed by atoms with Gasteiger partial charge in [-0.05, 0) is 41.8 Å². The smallest absolute Gasteiger partial charge is 0.251 e. The van der Waals surface area contributed by atoms with Gasteiger partial charge in [0, 0.05) is 62.8 Å². The molecule has 1 heterocycles. The SMILES string of the molecule is CC(=O)NCCNC(=O)c1ccc(C(CC(=NO)c2ccc(=O)n(C)c2)c2ccccc2C)cc1. The number of amides is 2. The molecule has 8 nitrogen and oxygen atoms in total. The molecule has 3 rings (SSSR count). The topological polar surface area (TPSA) is 113 Å². The summed E-state index contributed by atoms with van der Waals surface area (Å²) in [5.74, 6) is -0.511. The number of oxime groups is 1. The summed E-state index contributed by atoms with van der Waals surface area (Å²) >= 11 is 0. The first-order valence-corrected chi connectivity index (χ1v) is 11.4. The average Bonchev–Trinajstić information content (AvgIpc) is 2.85. The summed E-state index contributed by atoms with van der Waals surface area (Å²) < 4.78 is 1.45. The van der Waals surface area contributed by atoms with Crippen LogP contribution in [0.2, 0.25) is 0 Å². The molecule has 0 spiro atoms. The molecule has 0 saturated heterocycles. The number of hydrogen-bond donors (Lipinski definition) is 3. The fourth-order valence-electron chi connectivity index (χ4n) is 3.94. The van der Waals surface area contributed by atoms with Crippen molar-refractivity contribution in [2.45, 2.75) is 26.2 Å². The minimum atomic E-state index is -0.225. The van der Waals surface area contributed by atoms with Crippen LogP contribution in [0.1, 0.15) is 51.9 Å². The van der Waals surface area contributed by atoms with Crippen LogP contribution >= 0.6 is 0 Å². The molecule has 182 valence electrons. The Balaban J connectivity index is 1.87. The molecule has 35 heavy (non-hydrogen) atoms. The number of carbonyl (C=O) groups excluding carboxylic acids is 2. The Bertz CT molecular complexity index is 1280. The highest BCUT2D eigenvalue weighted by Gasteiger charge is 2.21. The van der Waals surface area contributed by atoms with Crippen LogP contribution in [0.3, 0.4) is 0 Å². The second-order valence-electron chi connectivity index (χ2n) is 8.39. The molecule has 0 aliphatic heterocycles. The molecule has 0 saturated carbocycles. The normalized spacial score (nSPS) is 12.1. The summed E-state index contributed by atoms with van der Waals surface area (Å²) in [5.41, 5.74) is 4.60. The fraction of sp³-hybridized carbons (Fsp3) is 0.259. The van der Waals surface area contributed by atoms with Crippen LogP contribution < -0.4 is 16.2 Å². The minimum Gasteiger partial charge on any atom is -0.411 e. The van der Waals surface area contributed by atoms with Gasteiger partial charge in [0.05, 0.1) is 5.71 Å². The van der Waals surface area contributed by atoms with E-state index in [1.54, 1.807) is 31.4 Å². The van der Waals surface area contributed by atoms with Gasteiger partial charge >= 0.3 is 0 Å². The standard InChI is InChI=1S/C27H30N4O4/c1-18-6-4-5-7-23(18)24(16-25(30-35)22-12-13-26(33)31(3)17-22)20-8-10-21(11-9-20)27(34)29-15-14-28-19(2)32/h4-13,17,24,35H,14-16H2,1-3H3,(H,28,32)(H,29,34). The molecule has 2 amide bonds. The Morgan fingerprint density at radius 3 is 2.26 bits per heavy atom. The number of carbonyl (C=O) groups is 2. The van der Waals surface area contributed by atoms with Gasteiger partial charge in [0.1, 0.15) is 0 Å². The van der Waals surface area contributed by atoms with Crippen molar-refractivity contribution >= 4 is 17.5 Å². The highest BCUT2D eigenvalue weighted by Crippen LogP contribution is 2.32. The largest absolute Gasteiger partial charge is 0.411 e. The average molecular weight is 475 g/mol. The Kier molecular flexibility index (Phi) is 8.56. The summed E-state index contributed by atoms with van der Waals surface area (Å²) in [6, 6.07) is 18.4. The van der Waals surface area contributed by atoms with Crippen molar-refractivity contribution in [2.24, 2.45) is 12.2 Å². The molecule has 1 unspecified atom stereocenters. The zero-order valence-electron chi connectivity index (χ0n) is 20.1. The molecular weight excluding hydrogens is 444 g/mol. The number of aryl methyl sites for hydroxylation is 2. The van der Waals surface area contributed by atoms with Gasteiger partial charge in [-0.1, -0.05) is 41.6 Å². The number of hydrogen-bond acceptors (Lipinski definition) is 5. The van der Waals surface area contributed by atoms with E-state index in [2.05, 4.69) is 15.8 Å². The number of nitrogens with one attached hydrogen (secondary N) is 2. The van der Waals surface area contributed by atoms with Gasteiger partial charge in [0.15, 0.2) is 0 Å². The highest BCUT2D eigenvalue weighted by atomic mass is 16.4. The summed E-state index contributed by atoms with van der Waals surface area (Å²) in [5, 5.41) is 18.8. The lowest BCUT2D eigenvalue weighted by atomic mass is 9.83. The van der Waals surface area contributed by atoms with Gasteiger partial charge < -0.3 is 20.4 Å². The molecule has 0 aliphatic rings. The van der Waals surface area contributed by atoms with Crippen molar-refractivity contribution in [3.8, 4) is 0 Å². The first-order chi connectivity index (χ1) is 16.8. The van der Waals surface area contributed by atoms with E-state index in [1.165, 1.54) is 17.6 Å². The third-order valence-electron chi connectivity index (χ3n) is 5.86. The molecule has 1 aromatic heterocycles. The zero-order valence-corrected chi connectivity index (χ0v) is 20.1. The predicted octanol–water partition coefficient (Wildman–Crippen LogP) is 2.96. The van der Waals surface area contributed by atoms with Gasteiger partial charge in [0.2, 0.25) is 11.5 Å². The second-order valence-corrected chi connectivity index (χ2v) is 8.39. The summed E-state index contributed by atoms with van der Waals surface area (Å²) in [7, 11) is 1.65. The molecule has 1 atom stereocenters. The van der Waals surface area contributed by atoms with Crippen molar-refractivity contribution < 1.29 is 14.8 Å². The van der Waals surface area contributed by atoms with Crippen LogP contribution in [0, 0.1) is 6.92 Å². The van der Waals surface area contributed by atoms with Crippen LogP contribution in [-0.2, 0) is 11.8 Å². The Morgan fingerprint density at radius 2 is 1.63 bits per heavy atom. The van der Waals surface area contributed by atoms with Crippen molar-refractivity contribution in [1.82, 2.24) is 15.2 Å². The van der Waals surface area contributed by atoms with E-state index in [-0.39, 0.29) is 23.3 Å². The minimum absolute atomic E-state index is 0.142. The number of aromatic nitrogens is 1. The first kappa shape index (κ1) is 25.4. The molecule has 0 radical (unpaired) electrons.